The number of aryl methyl sites for hydroxylation is 1. The summed E-state index contributed by atoms with van der Waals surface area (Å²) >= 11 is 0. The standard InChI is InChI=1S/C21H25N5O4S/c1-5-22-21-23-14(2)12-20(25-21)24-15-6-8-16(9-7-15)26-31(27,28)19-13-17(29-3)10-11-18(19)30-4/h6-13,26H,5H2,1-4H3,(H2,22,23,24,25). The lowest BCUT2D eigenvalue weighted by Gasteiger charge is -2.13. The molecule has 1 aromatic heterocycles. The zero-order chi connectivity index (χ0) is 22.4. The van der Waals surface area contributed by atoms with Crippen LogP contribution in [0, 0.1) is 6.92 Å². The summed E-state index contributed by atoms with van der Waals surface area (Å²) in [5.41, 5.74) is 1.98. The summed E-state index contributed by atoms with van der Waals surface area (Å²) in [5, 5.41) is 6.28. The van der Waals surface area contributed by atoms with Crippen LogP contribution in [0.1, 0.15) is 12.6 Å². The molecule has 3 N–H and O–H groups in total. The number of ether oxygens (including phenoxy) is 2. The molecule has 0 saturated carbocycles. The number of benzene rings is 2. The molecule has 10 heteroatoms. The molecule has 0 amide bonds. The van der Waals surface area contributed by atoms with E-state index in [1.807, 2.05) is 19.9 Å². The smallest absolute Gasteiger partial charge is 0.265 e. The minimum Gasteiger partial charge on any atom is -0.497 e. The highest BCUT2D eigenvalue weighted by Gasteiger charge is 2.20. The van der Waals surface area contributed by atoms with Crippen LogP contribution in [0.3, 0.4) is 0 Å². The molecule has 9 nitrogen and oxygen atoms in total. The molecular formula is C21H25N5O4S. The quantitative estimate of drug-likeness (QED) is 0.458. The molecule has 164 valence electrons. The molecule has 0 unspecified atom stereocenters. The highest BCUT2D eigenvalue weighted by atomic mass is 32.2. The number of rotatable bonds is 9. The van der Waals surface area contributed by atoms with Crippen molar-refractivity contribution in [3.63, 3.8) is 0 Å². The zero-order valence-corrected chi connectivity index (χ0v) is 18.6. The summed E-state index contributed by atoms with van der Waals surface area (Å²) in [4.78, 5) is 8.71. The van der Waals surface area contributed by atoms with Crippen LogP contribution in [0.2, 0.25) is 0 Å². The highest BCUT2D eigenvalue weighted by molar-refractivity contribution is 7.92. The molecule has 3 aromatic rings. The predicted molar refractivity (Wildman–Crippen MR) is 121 cm³/mol. The van der Waals surface area contributed by atoms with E-state index >= 15 is 0 Å². The number of hydrogen-bond acceptors (Lipinski definition) is 8. The molecule has 0 fully saturated rings. The summed E-state index contributed by atoms with van der Waals surface area (Å²) in [7, 11) is -0.998. The van der Waals surface area contributed by atoms with Gasteiger partial charge in [-0.05, 0) is 50.2 Å². The third kappa shape index (κ3) is 5.54. The first-order valence-corrected chi connectivity index (χ1v) is 11.0. The Kier molecular flexibility index (Phi) is 6.81. The Labute approximate surface area is 181 Å². The summed E-state index contributed by atoms with van der Waals surface area (Å²) in [6.45, 7) is 4.58. The lowest BCUT2D eigenvalue weighted by molar-refractivity contribution is 0.392. The molecule has 0 bridgehead atoms. The number of nitrogens with one attached hydrogen (secondary N) is 3. The van der Waals surface area contributed by atoms with Gasteiger partial charge in [0.05, 0.1) is 14.2 Å². The van der Waals surface area contributed by atoms with Crippen molar-refractivity contribution in [1.82, 2.24) is 9.97 Å². The Morgan fingerprint density at radius 2 is 1.65 bits per heavy atom. The van der Waals surface area contributed by atoms with Gasteiger partial charge in [0.25, 0.3) is 10.0 Å². The van der Waals surface area contributed by atoms with Crippen molar-refractivity contribution in [2.45, 2.75) is 18.7 Å². The maximum atomic E-state index is 12.9. The Morgan fingerprint density at radius 3 is 2.29 bits per heavy atom. The van der Waals surface area contributed by atoms with E-state index < -0.39 is 10.0 Å². The summed E-state index contributed by atoms with van der Waals surface area (Å²) in [5.74, 6) is 1.82. The second-order valence-corrected chi connectivity index (χ2v) is 8.22. The predicted octanol–water partition coefficient (Wildman–Crippen LogP) is 3.78. The van der Waals surface area contributed by atoms with E-state index in [0.717, 1.165) is 17.9 Å². The van der Waals surface area contributed by atoms with Crippen LogP contribution in [0.15, 0.2) is 53.4 Å². The van der Waals surface area contributed by atoms with Crippen molar-refractivity contribution < 1.29 is 17.9 Å². The van der Waals surface area contributed by atoms with Gasteiger partial charge in [-0.15, -0.1) is 0 Å². The van der Waals surface area contributed by atoms with Gasteiger partial charge < -0.3 is 20.1 Å². The van der Waals surface area contributed by atoms with Crippen molar-refractivity contribution in [3.05, 3.63) is 54.2 Å². The zero-order valence-electron chi connectivity index (χ0n) is 17.8. The van der Waals surface area contributed by atoms with E-state index in [4.69, 9.17) is 9.47 Å². The summed E-state index contributed by atoms with van der Waals surface area (Å²) in [6, 6.07) is 13.2. The van der Waals surface area contributed by atoms with Gasteiger partial charge in [0.15, 0.2) is 0 Å². The Morgan fingerprint density at radius 1 is 0.935 bits per heavy atom. The van der Waals surface area contributed by atoms with E-state index in [2.05, 4.69) is 25.3 Å². The largest absolute Gasteiger partial charge is 0.497 e. The van der Waals surface area contributed by atoms with E-state index in [-0.39, 0.29) is 10.6 Å². The number of anilines is 4. The highest BCUT2D eigenvalue weighted by Crippen LogP contribution is 2.30. The van der Waals surface area contributed by atoms with Crippen molar-refractivity contribution in [2.24, 2.45) is 0 Å². The van der Waals surface area contributed by atoms with Crippen molar-refractivity contribution in [2.75, 3.05) is 36.1 Å². The fourth-order valence-corrected chi connectivity index (χ4v) is 4.09. The molecule has 2 aromatic carbocycles. The minimum absolute atomic E-state index is 0.0102. The van der Waals surface area contributed by atoms with Crippen molar-refractivity contribution in [3.8, 4) is 11.5 Å². The summed E-state index contributed by atoms with van der Waals surface area (Å²) < 4.78 is 38.6. The van der Waals surface area contributed by atoms with E-state index in [9.17, 15) is 8.42 Å². The van der Waals surface area contributed by atoms with Crippen LogP contribution in [0.4, 0.5) is 23.1 Å². The van der Waals surface area contributed by atoms with Gasteiger partial charge in [0.1, 0.15) is 22.2 Å². The molecule has 0 atom stereocenters. The maximum Gasteiger partial charge on any atom is 0.265 e. The molecule has 0 spiro atoms. The SMILES string of the molecule is CCNc1nc(C)cc(Nc2ccc(NS(=O)(=O)c3cc(OC)ccc3OC)cc2)n1. The molecule has 0 radical (unpaired) electrons. The van der Waals surface area contributed by atoms with E-state index in [1.165, 1.54) is 20.3 Å². The molecular weight excluding hydrogens is 418 g/mol. The van der Waals surface area contributed by atoms with Crippen LogP contribution in [0.5, 0.6) is 11.5 Å². The molecule has 0 saturated heterocycles. The van der Waals surface area contributed by atoms with Crippen molar-refractivity contribution in [1.29, 1.82) is 0 Å². The first-order chi connectivity index (χ1) is 14.8. The van der Waals surface area contributed by atoms with Crippen LogP contribution >= 0.6 is 0 Å². The van der Waals surface area contributed by atoms with Crippen LogP contribution in [-0.2, 0) is 10.0 Å². The van der Waals surface area contributed by atoms with Crippen LogP contribution in [-0.4, -0.2) is 39.2 Å². The van der Waals surface area contributed by atoms with E-state index in [0.29, 0.717) is 23.2 Å². The topological polar surface area (TPSA) is 114 Å². The first kappa shape index (κ1) is 22.2. The third-order valence-electron chi connectivity index (χ3n) is 4.26. The van der Waals surface area contributed by atoms with Gasteiger partial charge in [-0.25, -0.2) is 13.4 Å². The van der Waals surface area contributed by atoms with Gasteiger partial charge in [-0.1, -0.05) is 0 Å². The van der Waals surface area contributed by atoms with Gasteiger partial charge in [0, 0.05) is 35.7 Å². The average molecular weight is 444 g/mol. The first-order valence-electron chi connectivity index (χ1n) is 9.56. The lowest BCUT2D eigenvalue weighted by Crippen LogP contribution is -2.14. The normalized spacial score (nSPS) is 11.0. The molecule has 31 heavy (non-hydrogen) atoms. The number of hydrogen-bond donors (Lipinski definition) is 3. The van der Waals surface area contributed by atoms with Gasteiger partial charge >= 0.3 is 0 Å². The fourth-order valence-electron chi connectivity index (χ4n) is 2.84. The molecule has 0 aliphatic heterocycles. The Hall–Kier alpha value is -3.53. The van der Waals surface area contributed by atoms with Crippen LogP contribution < -0.4 is 24.8 Å². The molecule has 0 aliphatic rings. The van der Waals surface area contributed by atoms with Crippen molar-refractivity contribution >= 4 is 33.2 Å². The van der Waals surface area contributed by atoms with Gasteiger partial charge in [-0.3, -0.25) is 4.72 Å². The molecule has 0 aliphatic carbocycles. The third-order valence-corrected chi connectivity index (χ3v) is 5.66. The number of sulfonamides is 1. The van der Waals surface area contributed by atoms with E-state index in [1.54, 1.807) is 36.4 Å². The Balaban J connectivity index is 1.78. The number of methoxy groups -OCH3 is 2. The number of nitrogens with zero attached hydrogens (tertiary/aromatic N) is 2. The number of aromatic nitrogens is 2. The van der Waals surface area contributed by atoms with Gasteiger partial charge in [0.2, 0.25) is 5.95 Å². The van der Waals surface area contributed by atoms with Gasteiger partial charge in [-0.2, -0.15) is 4.98 Å². The summed E-state index contributed by atoms with van der Waals surface area (Å²) in [6.07, 6.45) is 0. The fraction of sp³-hybridized carbons (Fsp3) is 0.238. The molecule has 3 rings (SSSR count). The lowest BCUT2D eigenvalue weighted by atomic mass is 10.3. The Bertz CT molecular complexity index is 1150. The monoisotopic (exact) mass is 443 g/mol. The average Bonchev–Trinajstić information content (AvgIpc) is 2.74. The van der Waals surface area contributed by atoms with Crippen LogP contribution in [0.25, 0.3) is 0 Å². The second kappa shape index (κ2) is 9.52. The molecule has 1 heterocycles. The second-order valence-electron chi connectivity index (χ2n) is 6.57. The minimum atomic E-state index is -3.88. The maximum absolute atomic E-state index is 12.9.